The van der Waals surface area contributed by atoms with Gasteiger partial charge in [-0.1, -0.05) is 26.0 Å². The molecule has 1 aromatic carbocycles. The minimum absolute atomic E-state index is 0.559. The summed E-state index contributed by atoms with van der Waals surface area (Å²) in [5.41, 5.74) is 6.92. The molecule has 0 radical (unpaired) electrons. The average molecular weight is 261 g/mol. The van der Waals surface area contributed by atoms with E-state index in [9.17, 15) is 0 Å². The molecule has 18 heavy (non-hydrogen) atoms. The van der Waals surface area contributed by atoms with Crippen LogP contribution < -0.4 is 10.5 Å². The molecule has 0 aliphatic carbocycles. The van der Waals surface area contributed by atoms with Crippen molar-refractivity contribution in [1.82, 2.24) is 0 Å². The Hall–Kier alpha value is -1.32. The highest BCUT2D eigenvalue weighted by Gasteiger charge is 2.02. The number of thiophene rings is 1. The van der Waals surface area contributed by atoms with E-state index in [-0.39, 0.29) is 0 Å². The molecular formula is C15H19NOS. The quantitative estimate of drug-likeness (QED) is 0.885. The van der Waals surface area contributed by atoms with E-state index in [1.54, 1.807) is 11.3 Å². The standard InChI is InChI=1S/C15H19NOS/c1-11(2)12-3-5-13(6-4-12)17-10-15-8-7-14(9-16)18-15/h3-8,11H,9-10,16H2,1-2H3. The van der Waals surface area contributed by atoms with E-state index in [4.69, 9.17) is 10.5 Å². The third-order valence-corrected chi connectivity index (χ3v) is 3.93. The van der Waals surface area contributed by atoms with Crippen LogP contribution in [0.1, 0.15) is 35.1 Å². The van der Waals surface area contributed by atoms with Gasteiger partial charge in [0.05, 0.1) is 0 Å². The van der Waals surface area contributed by atoms with Crippen LogP contribution in [0.2, 0.25) is 0 Å². The van der Waals surface area contributed by atoms with Crippen LogP contribution in [0.4, 0.5) is 0 Å². The molecule has 0 saturated heterocycles. The maximum absolute atomic E-state index is 5.75. The Morgan fingerprint density at radius 1 is 1.06 bits per heavy atom. The Kier molecular flexibility index (Phi) is 4.39. The van der Waals surface area contributed by atoms with Gasteiger partial charge in [0.2, 0.25) is 0 Å². The Balaban J connectivity index is 1.93. The van der Waals surface area contributed by atoms with Gasteiger partial charge in [0.15, 0.2) is 0 Å². The molecule has 1 heterocycles. The van der Waals surface area contributed by atoms with Gasteiger partial charge in [-0.25, -0.2) is 0 Å². The van der Waals surface area contributed by atoms with Crippen molar-refractivity contribution in [3.05, 3.63) is 51.7 Å². The van der Waals surface area contributed by atoms with Crippen molar-refractivity contribution in [3.63, 3.8) is 0 Å². The summed E-state index contributed by atoms with van der Waals surface area (Å²) >= 11 is 1.71. The summed E-state index contributed by atoms with van der Waals surface area (Å²) in [6.07, 6.45) is 0. The molecule has 2 nitrogen and oxygen atoms in total. The lowest BCUT2D eigenvalue weighted by Gasteiger charge is -2.08. The predicted octanol–water partition coefficient (Wildman–Crippen LogP) is 3.91. The second-order valence-corrected chi connectivity index (χ2v) is 5.84. The molecule has 0 fully saturated rings. The van der Waals surface area contributed by atoms with E-state index >= 15 is 0 Å². The zero-order valence-corrected chi connectivity index (χ0v) is 11.7. The van der Waals surface area contributed by atoms with Crippen LogP contribution in [0.25, 0.3) is 0 Å². The van der Waals surface area contributed by atoms with Crippen LogP contribution in [-0.2, 0) is 13.2 Å². The second-order valence-electron chi connectivity index (χ2n) is 4.58. The molecule has 0 atom stereocenters. The molecule has 1 aromatic heterocycles. The summed E-state index contributed by atoms with van der Waals surface area (Å²) < 4.78 is 5.75. The van der Waals surface area contributed by atoms with Crippen LogP contribution >= 0.6 is 11.3 Å². The number of hydrogen-bond donors (Lipinski definition) is 1. The molecule has 0 amide bonds. The van der Waals surface area contributed by atoms with Crippen LogP contribution in [0, 0.1) is 0 Å². The first kappa shape index (κ1) is 13.1. The minimum atomic E-state index is 0.559. The first-order valence-corrected chi connectivity index (χ1v) is 7.01. The van der Waals surface area contributed by atoms with Gasteiger partial charge >= 0.3 is 0 Å². The summed E-state index contributed by atoms with van der Waals surface area (Å²) in [6.45, 7) is 5.60. The minimum Gasteiger partial charge on any atom is -0.488 e. The van der Waals surface area contributed by atoms with Crippen molar-refractivity contribution in [1.29, 1.82) is 0 Å². The third kappa shape index (κ3) is 3.34. The van der Waals surface area contributed by atoms with Gasteiger partial charge in [-0.3, -0.25) is 0 Å². The van der Waals surface area contributed by atoms with Crippen LogP contribution in [0.3, 0.4) is 0 Å². The number of ether oxygens (including phenoxy) is 1. The van der Waals surface area contributed by atoms with Crippen molar-refractivity contribution < 1.29 is 4.74 Å². The highest BCUT2D eigenvalue weighted by Crippen LogP contribution is 2.21. The average Bonchev–Trinajstić information content (AvgIpc) is 2.85. The largest absolute Gasteiger partial charge is 0.488 e. The Labute approximate surface area is 112 Å². The van der Waals surface area contributed by atoms with E-state index in [0.29, 0.717) is 19.1 Å². The van der Waals surface area contributed by atoms with Gasteiger partial charge < -0.3 is 10.5 Å². The molecule has 96 valence electrons. The molecule has 2 rings (SSSR count). The number of hydrogen-bond acceptors (Lipinski definition) is 3. The SMILES string of the molecule is CC(C)c1ccc(OCc2ccc(CN)s2)cc1. The molecule has 0 spiro atoms. The van der Waals surface area contributed by atoms with Crippen molar-refractivity contribution in [2.24, 2.45) is 5.73 Å². The molecule has 3 heteroatoms. The zero-order valence-electron chi connectivity index (χ0n) is 10.8. The smallest absolute Gasteiger partial charge is 0.122 e. The van der Waals surface area contributed by atoms with E-state index in [1.807, 2.05) is 12.1 Å². The molecule has 2 aromatic rings. The fourth-order valence-corrected chi connectivity index (χ4v) is 2.52. The number of nitrogens with two attached hydrogens (primary N) is 1. The number of rotatable bonds is 5. The zero-order chi connectivity index (χ0) is 13.0. The predicted molar refractivity (Wildman–Crippen MR) is 77.1 cm³/mol. The summed E-state index contributed by atoms with van der Waals surface area (Å²) in [6, 6.07) is 12.5. The third-order valence-electron chi connectivity index (χ3n) is 2.85. The van der Waals surface area contributed by atoms with Gasteiger partial charge in [0.1, 0.15) is 12.4 Å². The summed E-state index contributed by atoms with van der Waals surface area (Å²) in [5.74, 6) is 1.48. The molecule has 0 bridgehead atoms. The molecule has 2 N–H and O–H groups in total. The van der Waals surface area contributed by atoms with Gasteiger partial charge in [0.25, 0.3) is 0 Å². The first-order chi connectivity index (χ1) is 8.69. The fraction of sp³-hybridized carbons (Fsp3) is 0.333. The summed E-state index contributed by atoms with van der Waals surface area (Å²) in [4.78, 5) is 2.41. The van der Waals surface area contributed by atoms with Gasteiger partial charge in [0, 0.05) is 16.3 Å². The van der Waals surface area contributed by atoms with E-state index in [2.05, 4.69) is 38.1 Å². The maximum Gasteiger partial charge on any atom is 0.122 e. The molecule has 0 saturated carbocycles. The Morgan fingerprint density at radius 2 is 1.72 bits per heavy atom. The molecule has 0 aliphatic heterocycles. The lowest BCUT2D eigenvalue weighted by atomic mass is 10.0. The van der Waals surface area contributed by atoms with Crippen molar-refractivity contribution in [2.45, 2.75) is 32.9 Å². The van der Waals surface area contributed by atoms with Crippen molar-refractivity contribution >= 4 is 11.3 Å². The first-order valence-electron chi connectivity index (χ1n) is 6.19. The van der Waals surface area contributed by atoms with Gasteiger partial charge in [-0.2, -0.15) is 0 Å². The van der Waals surface area contributed by atoms with Crippen LogP contribution in [0.5, 0.6) is 5.75 Å². The molecule has 0 unspecified atom stereocenters. The van der Waals surface area contributed by atoms with E-state index < -0.39 is 0 Å². The maximum atomic E-state index is 5.75. The second kappa shape index (κ2) is 6.03. The number of benzene rings is 1. The highest BCUT2D eigenvalue weighted by molar-refractivity contribution is 7.11. The molecular weight excluding hydrogens is 242 g/mol. The van der Waals surface area contributed by atoms with Crippen molar-refractivity contribution in [3.8, 4) is 5.75 Å². The van der Waals surface area contributed by atoms with Gasteiger partial charge in [-0.05, 0) is 35.7 Å². The van der Waals surface area contributed by atoms with E-state index in [0.717, 1.165) is 5.75 Å². The monoisotopic (exact) mass is 261 g/mol. The fourth-order valence-electron chi connectivity index (χ4n) is 1.71. The van der Waals surface area contributed by atoms with Crippen molar-refractivity contribution in [2.75, 3.05) is 0 Å². The summed E-state index contributed by atoms with van der Waals surface area (Å²) in [5, 5.41) is 0. The highest BCUT2D eigenvalue weighted by atomic mass is 32.1. The molecule has 0 aliphatic rings. The topological polar surface area (TPSA) is 35.2 Å². The summed E-state index contributed by atoms with van der Waals surface area (Å²) in [7, 11) is 0. The van der Waals surface area contributed by atoms with Gasteiger partial charge in [-0.15, -0.1) is 11.3 Å². The lowest BCUT2D eigenvalue weighted by molar-refractivity contribution is 0.309. The van der Waals surface area contributed by atoms with E-state index in [1.165, 1.54) is 15.3 Å². The normalized spacial score (nSPS) is 10.9. The Bertz CT molecular complexity index is 487. The van der Waals surface area contributed by atoms with Crippen LogP contribution in [-0.4, -0.2) is 0 Å². The lowest BCUT2D eigenvalue weighted by Crippen LogP contribution is -1.94. The Morgan fingerprint density at radius 3 is 2.28 bits per heavy atom. The van der Waals surface area contributed by atoms with Crippen LogP contribution in [0.15, 0.2) is 36.4 Å².